The third-order valence-electron chi connectivity index (χ3n) is 3.35. The van der Waals surface area contributed by atoms with Crippen molar-refractivity contribution in [2.24, 2.45) is 0 Å². The van der Waals surface area contributed by atoms with Crippen LogP contribution in [0, 0.1) is 18.3 Å². The zero-order valence-electron chi connectivity index (χ0n) is 13.1. The highest BCUT2D eigenvalue weighted by atomic mass is 32.1. The third-order valence-corrected chi connectivity index (χ3v) is 4.34. The number of hydrogen-bond donors (Lipinski definition) is 1. The van der Waals surface area contributed by atoms with Gasteiger partial charge in [0.25, 0.3) is 0 Å². The van der Waals surface area contributed by atoms with Crippen LogP contribution in [0.5, 0.6) is 0 Å². The molecule has 22 heavy (non-hydrogen) atoms. The van der Waals surface area contributed by atoms with Crippen molar-refractivity contribution in [3.8, 4) is 6.07 Å². The average Bonchev–Trinajstić information content (AvgIpc) is 2.97. The summed E-state index contributed by atoms with van der Waals surface area (Å²) in [4.78, 5) is 6.63. The van der Waals surface area contributed by atoms with Crippen molar-refractivity contribution in [2.75, 3.05) is 23.3 Å². The standard InChI is InChI=1S/C17H20N4S/c1-4-21(5-2)16-8-6-15(7-9-16)19-11-14(10-18)17-20-13(3)12-22-17/h6-9,11-12,19H,4-5H2,1-3H3/b14-11+. The first-order chi connectivity index (χ1) is 10.7. The summed E-state index contributed by atoms with van der Waals surface area (Å²) in [6, 6.07) is 10.4. The van der Waals surface area contributed by atoms with E-state index in [2.05, 4.69) is 47.3 Å². The summed E-state index contributed by atoms with van der Waals surface area (Å²) in [5.41, 5.74) is 3.64. The molecule has 0 radical (unpaired) electrons. The van der Waals surface area contributed by atoms with Gasteiger partial charge in [0.1, 0.15) is 16.6 Å². The van der Waals surface area contributed by atoms with E-state index >= 15 is 0 Å². The molecule has 0 bridgehead atoms. The zero-order chi connectivity index (χ0) is 15.9. The summed E-state index contributed by atoms with van der Waals surface area (Å²) in [5.74, 6) is 0. The maximum absolute atomic E-state index is 9.25. The molecule has 0 fully saturated rings. The molecule has 1 aromatic heterocycles. The molecule has 0 saturated carbocycles. The van der Waals surface area contributed by atoms with Crippen molar-refractivity contribution < 1.29 is 0 Å². The summed E-state index contributed by atoms with van der Waals surface area (Å²) in [6.45, 7) is 8.20. The van der Waals surface area contributed by atoms with E-state index < -0.39 is 0 Å². The van der Waals surface area contributed by atoms with Gasteiger partial charge in [-0.1, -0.05) is 0 Å². The van der Waals surface area contributed by atoms with Crippen molar-refractivity contribution in [3.63, 3.8) is 0 Å². The van der Waals surface area contributed by atoms with Gasteiger partial charge in [0, 0.05) is 41.7 Å². The Kier molecular flexibility index (Phi) is 5.56. The highest BCUT2D eigenvalue weighted by Crippen LogP contribution is 2.21. The predicted molar refractivity (Wildman–Crippen MR) is 94.1 cm³/mol. The monoisotopic (exact) mass is 312 g/mol. The second kappa shape index (κ2) is 7.62. The molecule has 0 amide bonds. The maximum atomic E-state index is 9.25. The number of aromatic nitrogens is 1. The molecule has 0 spiro atoms. The Morgan fingerprint density at radius 2 is 2.00 bits per heavy atom. The van der Waals surface area contributed by atoms with Crippen molar-refractivity contribution in [1.82, 2.24) is 4.98 Å². The van der Waals surface area contributed by atoms with E-state index in [9.17, 15) is 5.26 Å². The van der Waals surface area contributed by atoms with E-state index in [1.807, 2.05) is 24.4 Å². The van der Waals surface area contributed by atoms with E-state index in [1.54, 1.807) is 6.20 Å². The predicted octanol–water partition coefficient (Wildman–Crippen LogP) is 4.27. The van der Waals surface area contributed by atoms with Crippen LogP contribution >= 0.6 is 11.3 Å². The van der Waals surface area contributed by atoms with E-state index in [1.165, 1.54) is 17.0 Å². The molecule has 4 nitrogen and oxygen atoms in total. The Morgan fingerprint density at radius 3 is 2.50 bits per heavy atom. The minimum atomic E-state index is 0.547. The van der Waals surface area contributed by atoms with E-state index in [-0.39, 0.29) is 0 Å². The molecule has 0 atom stereocenters. The van der Waals surface area contributed by atoms with Gasteiger partial charge in [0.05, 0.1) is 0 Å². The van der Waals surface area contributed by atoms with Crippen LogP contribution in [0.2, 0.25) is 0 Å². The average molecular weight is 312 g/mol. The molecule has 0 aliphatic rings. The Morgan fingerprint density at radius 1 is 1.32 bits per heavy atom. The number of anilines is 2. The second-order valence-corrected chi connectivity index (χ2v) is 5.69. The molecule has 1 N–H and O–H groups in total. The molecule has 2 rings (SSSR count). The summed E-state index contributed by atoms with van der Waals surface area (Å²) >= 11 is 1.48. The SMILES string of the molecule is CCN(CC)c1ccc(N/C=C(\C#N)c2nc(C)cs2)cc1. The highest BCUT2D eigenvalue weighted by Gasteiger charge is 2.05. The van der Waals surface area contributed by atoms with Crippen molar-refractivity contribution in [2.45, 2.75) is 20.8 Å². The quantitative estimate of drug-likeness (QED) is 0.809. The number of aryl methyl sites for hydroxylation is 1. The van der Waals surface area contributed by atoms with Crippen LogP contribution in [0.1, 0.15) is 24.5 Å². The van der Waals surface area contributed by atoms with Crippen LogP contribution < -0.4 is 10.2 Å². The molecule has 114 valence electrons. The molecule has 0 unspecified atom stereocenters. The zero-order valence-corrected chi connectivity index (χ0v) is 13.9. The van der Waals surface area contributed by atoms with Gasteiger partial charge in [0.2, 0.25) is 0 Å². The molecule has 2 aromatic rings. The fourth-order valence-electron chi connectivity index (χ4n) is 2.13. The van der Waals surface area contributed by atoms with Gasteiger partial charge in [-0.05, 0) is 45.0 Å². The summed E-state index contributed by atoms with van der Waals surface area (Å²) in [5, 5.41) is 15.1. The van der Waals surface area contributed by atoms with Crippen LogP contribution in [0.15, 0.2) is 35.8 Å². The minimum absolute atomic E-state index is 0.547. The van der Waals surface area contributed by atoms with Gasteiger partial charge in [-0.2, -0.15) is 5.26 Å². The number of benzene rings is 1. The molecule has 0 aliphatic carbocycles. The van der Waals surface area contributed by atoms with Crippen LogP contribution in [-0.4, -0.2) is 18.1 Å². The Balaban J connectivity index is 2.10. The Hall–Kier alpha value is -2.32. The number of nitrogens with zero attached hydrogens (tertiary/aromatic N) is 3. The molecule has 1 aromatic carbocycles. The smallest absolute Gasteiger partial charge is 0.135 e. The first kappa shape index (κ1) is 16.1. The molecule has 0 saturated heterocycles. The Labute approximate surface area is 135 Å². The minimum Gasteiger partial charge on any atom is -0.372 e. The fraction of sp³-hybridized carbons (Fsp3) is 0.294. The van der Waals surface area contributed by atoms with Gasteiger partial charge >= 0.3 is 0 Å². The van der Waals surface area contributed by atoms with E-state index in [0.717, 1.165) is 29.5 Å². The van der Waals surface area contributed by atoms with Gasteiger partial charge in [-0.3, -0.25) is 0 Å². The van der Waals surface area contributed by atoms with E-state index in [0.29, 0.717) is 5.57 Å². The molecule has 5 heteroatoms. The number of nitrogens with one attached hydrogen (secondary N) is 1. The normalized spacial score (nSPS) is 11.1. The van der Waals surface area contributed by atoms with Crippen LogP contribution in [-0.2, 0) is 0 Å². The van der Waals surface area contributed by atoms with Gasteiger partial charge in [-0.15, -0.1) is 11.3 Å². The number of nitriles is 1. The first-order valence-electron chi connectivity index (χ1n) is 7.32. The number of allylic oxidation sites excluding steroid dienone is 1. The molecule has 0 aliphatic heterocycles. The summed E-state index contributed by atoms with van der Waals surface area (Å²) < 4.78 is 0. The number of rotatable bonds is 6. The Bertz CT molecular complexity index is 675. The van der Waals surface area contributed by atoms with Crippen LogP contribution in [0.4, 0.5) is 11.4 Å². The van der Waals surface area contributed by atoms with Gasteiger partial charge in [-0.25, -0.2) is 4.98 Å². The lowest BCUT2D eigenvalue weighted by atomic mass is 10.2. The van der Waals surface area contributed by atoms with Gasteiger partial charge < -0.3 is 10.2 Å². The number of thiazole rings is 1. The second-order valence-electron chi connectivity index (χ2n) is 4.83. The lowest BCUT2D eigenvalue weighted by Crippen LogP contribution is -2.21. The van der Waals surface area contributed by atoms with Crippen molar-refractivity contribution in [3.05, 3.63) is 46.5 Å². The molecule has 1 heterocycles. The fourth-order valence-corrected chi connectivity index (χ4v) is 2.90. The van der Waals surface area contributed by atoms with Crippen LogP contribution in [0.25, 0.3) is 5.57 Å². The lowest BCUT2D eigenvalue weighted by molar-refractivity contribution is 0.866. The van der Waals surface area contributed by atoms with E-state index in [4.69, 9.17) is 0 Å². The highest BCUT2D eigenvalue weighted by molar-refractivity contribution is 7.10. The third kappa shape index (κ3) is 3.86. The topological polar surface area (TPSA) is 52.0 Å². The maximum Gasteiger partial charge on any atom is 0.135 e. The van der Waals surface area contributed by atoms with Crippen molar-refractivity contribution in [1.29, 1.82) is 5.26 Å². The summed E-state index contributed by atoms with van der Waals surface area (Å²) in [6.07, 6.45) is 1.71. The summed E-state index contributed by atoms with van der Waals surface area (Å²) in [7, 11) is 0. The first-order valence-corrected chi connectivity index (χ1v) is 8.20. The van der Waals surface area contributed by atoms with Crippen molar-refractivity contribution >= 4 is 28.3 Å². The van der Waals surface area contributed by atoms with Gasteiger partial charge in [0.15, 0.2) is 0 Å². The largest absolute Gasteiger partial charge is 0.372 e. The molecular formula is C17H20N4S. The molecular weight excluding hydrogens is 292 g/mol. The number of hydrogen-bond acceptors (Lipinski definition) is 5. The lowest BCUT2D eigenvalue weighted by Gasteiger charge is -2.21. The van der Waals surface area contributed by atoms with Crippen LogP contribution in [0.3, 0.4) is 0 Å².